The molecule has 1 N–H and O–H groups in total. The first-order valence-electron chi connectivity index (χ1n) is 4.66. The molecule has 1 aromatic carbocycles. The molecule has 0 saturated carbocycles. The van der Waals surface area contributed by atoms with Crippen LogP contribution in [0.3, 0.4) is 0 Å². The predicted molar refractivity (Wildman–Crippen MR) is 62.6 cm³/mol. The minimum absolute atomic E-state index is 0.112. The summed E-state index contributed by atoms with van der Waals surface area (Å²) in [6.45, 7) is 5.24. The van der Waals surface area contributed by atoms with E-state index in [-0.39, 0.29) is 4.90 Å². The zero-order chi connectivity index (χ0) is 12.4. The maximum Gasteiger partial charge on any atom is 0.262 e. The van der Waals surface area contributed by atoms with Crippen molar-refractivity contribution in [2.75, 3.05) is 0 Å². The van der Waals surface area contributed by atoms with Crippen LogP contribution < -0.4 is 4.89 Å². The van der Waals surface area contributed by atoms with Crippen molar-refractivity contribution in [3.63, 3.8) is 0 Å². The summed E-state index contributed by atoms with van der Waals surface area (Å²) in [5.74, 6) is 0. The summed E-state index contributed by atoms with van der Waals surface area (Å²) in [6, 6.07) is 5.84. The molecule has 0 unspecified atom stereocenters. The van der Waals surface area contributed by atoms with Crippen LogP contribution in [0.4, 0.5) is 0 Å². The highest BCUT2D eigenvalue weighted by Gasteiger charge is 2.18. The Morgan fingerprint density at radius 3 is 2.12 bits per heavy atom. The van der Waals surface area contributed by atoms with Crippen LogP contribution in [0.5, 0.6) is 0 Å². The van der Waals surface area contributed by atoms with Crippen LogP contribution >= 0.6 is 11.6 Å². The molecule has 0 aliphatic heterocycles. The van der Waals surface area contributed by atoms with E-state index in [1.807, 2.05) is 0 Å². The first kappa shape index (κ1) is 13.4. The summed E-state index contributed by atoms with van der Waals surface area (Å²) in [5, 5.41) is 0.482. The Labute approximate surface area is 101 Å². The minimum atomic E-state index is -3.64. The Bertz CT molecular complexity index is 448. The van der Waals surface area contributed by atoms with E-state index in [0.29, 0.717) is 5.02 Å². The zero-order valence-corrected chi connectivity index (χ0v) is 10.9. The number of hydrogen-bond donors (Lipinski definition) is 1. The lowest BCUT2D eigenvalue weighted by molar-refractivity contribution is -0.0357. The van der Waals surface area contributed by atoms with Crippen molar-refractivity contribution in [3.8, 4) is 0 Å². The third-order valence-electron chi connectivity index (χ3n) is 1.58. The van der Waals surface area contributed by atoms with Gasteiger partial charge in [-0.2, -0.15) is 0 Å². The first-order valence-corrected chi connectivity index (χ1v) is 6.52. The molecule has 0 saturated heterocycles. The maximum absolute atomic E-state index is 11.7. The van der Waals surface area contributed by atoms with Crippen molar-refractivity contribution < 1.29 is 13.3 Å². The van der Waals surface area contributed by atoms with E-state index in [0.717, 1.165) is 0 Å². The predicted octanol–water partition coefficient (Wildman–Crippen LogP) is 2.35. The largest absolute Gasteiger partial charge is 0.281 e. The van der Waals surface area contributed by atoms with Gasteiger partial charge in [-0.05, 0) is 45.0 Å². The van der Waals surface area contributed by atoms with Crippen LogP contribution in [0.15, 0.2) is 29.2 Å². The van der Waals surface area contributed by atoms with Crippen molar-refractivity contribution in [3.05, 3.63) is 29.3 Å². The van der Waals surface area contributed by atoms with Gasteiger partial charge in [-0.1, -0.05) is 16.5 Å². The van der Waals surface area contributed by atoms with E-state index in [9.17, 15) is 8.42 Å². The Balaban J connectivity index is 2.83. The summed E-state index contributed by atoms with van der Waals surface area (Å²) in [6.07, 6.45) is 0. The van der Waals surface area contributed by atoms with E-state index < -0.39 is 15.6 Å². The fourth-order valence-corrected chi connectivity index (χ4v) is 1.92. The van der Waals surface area contributed by atoms with Crippen molar-refractivity contribution in [2.24, 2.45) is 0 Å². The molecule has 0 aliphatic rings. The van der Waals surface area contributed by atoms with Crippen molar-refractivity contribution in [1.29, 1.82) is 0 Å². The Morgan fingerprint density at radius 2 is 1.69 bits per heavy atom. The molecule has 0 aromatic heterocycles. The van der Waals surface area contributed by atoms with Gasteiger partial charge in [0, 0.05) is 5.02 Å². The Morgan fingerprint density at radius 1 is 1.19 bits per heavy atom. The molecule has 0 radical (unpaired) electrons. The number of benzene rings is 1. The zero-order valence-electron chi connectivity index (χ0n) is 9.32. The second-order valence-corrected chi connectivity index (χ2v) is 6.34. The second-order valence-electron chi connectivity index (χ2n) is 4.26. The van der Waals surface area contributed by atoms with E-state index in [4.69, 9.17) is 16.4 Å². The smallest absolute Gasteiger partial charge is 0.262 e. The van der Waals surface area contributed by atoms with Gasteiger partial charge in [-0.3, -0.25) is 4.84 Å². The SMILES string of the molecule is CC(C)(C)ONS(=O)(=O)c1ccc(Cl)cc1. The molecular weight excluding hydrogens is 250 g/mol. The lowest BCUT2D eigenvalue weighted by atomic mass is 10.2. The lowest BCUT2D eigenvalue weighted by Crippen LogP contribution is -2.33. The number of rotatable bonds is 3. The summed E-state index contributed by atoms with van der Waals surface area (Å²) in [7, 11) is -3.64. The van der Waals surface area contributed by atoms with E-state index in [1.54, 1.807) is 20.8 Å². The molecular formula is C10H14ClNO3S. The Kier molecular flexibility index (Phi) is 3.96. The first-order chi connectivity index (χ1) is 7.21. The molecule has 4 nitrogen and oxygen atoms in total. The van der Waals surface area contributed by atoms with Crippen molar-refractivity contribution >= 4 is 21.6 Å². The summed E-state index contributed by atoms with van der Waals surface area (Å²) in [4.78, 5) is 7.18. The van der Waals surface area contributed by atoms with Crippen LogP contribution in [-0.2, 0) is 14.9 Å². The molecule has 0 bridgehead atoms. The van der Waals surface area contributed by atoms with Gasteiger partial charge in [0.2, 0.25) is 0 Å². The highest BCUT2D eigenvalue weighted by Crippen LogP contribution is 2.15. The molecule has 0 amide bonds. The van der Waals surface area contributed by atoms with Gasteiger partial charge in [-0.25, -0.2) is 8.42 Å². The molecule has 16 heavy (non-hydrogen) atoms. The van der Waals surface area contributed by atoms with Crippen LogP contribution in [-0.4, -0.2) is 14.0 Å². The highest BCUT2D eigenvalue weighted by atomic mass is 35.5. The monoisotopic (exact) mass is 263 g/mol. The van der Waals surface area contributed by atoms with Crippen LogP contribution in [0.1, 0.15) is 20.8 Å². The van der Waals surface area contributed by atoms with Gasteiger partial charge in [0.15, 0.2) is 0 Å². The van der Waals surface area contributed by atoms with E-state index in [2.05, 4.69) is 4.89 Å². The molecule has 0 aliphatic carbocycles. The average Bonchev–Trinajstić information content (AvgIpc) is 2.15. The quantitative estimate of drug-likeness (QED) is 0.852. The van der Waals surface area contributed by atoms with Gasteiger partial charge in [0.1, 0.15) is 0 Å². The summed E-state index contributed by atoms with van der Waals surface area (Å²) in [5.41, 5.74) is -0.584. The van der Waals surface area contributed by atoms with Gasteiger partial charge < -0.3 is 0 Å². The lowest BCUT2D eigenvalue weighted by Gasteiger charge is -2.19. The summed E-state index contributed by atoms with van der Waals surface area (Å²) >= 11 is 5.66. The van der Waals surface area contributed by atoms with Crippen molar-refractivity contribution in [2.45, 2.75) is 31.3 Å². The molecule has 6 heteroatoms. The molecule has 0 heterocycles. The molecule has 0 fully saturated rings. The maximum atomic E-state index is 11.7. The highest BCUT2D eigenvalue weighted by molar-refractivity contribution is 7.89. The summed E-state index contributed by atoms with van der Waals surface area (Å²) < 4.78 is 23.4. The molecule has 1 aromatic rings. The standard InChI is InChI=1S/C10H14ClNO3S/c1-10(2,3)15-12-16(13,14)9-6-4-8(11)5-7-9/h4-7,12H,1-3H3. The fraction of sp³-hybridized carbons (Fsp3) is 0.400. The van der Waals surface area contributed by atoms with Crippen LogP contribution in [0.2, 0.25) is 5.02 Å². The average molecular weight is 264 g/mol. The molecule has 1 rings (SSSR count). The molecule has 0 spiro atoms. The minimum Gasteiger partial charge on any atom is -0.281 e. The third kappa shape index (κ3) is 4.09. The van der Waals surface area contributed by atoms with Gasteiger partial charge >= 0.3 is 0 Å². The number of halogens is 1. The van der Waals surface area contributed by atoms with Crippen molar-refractivity contribution in [1.82, 2.24) is 4.89 Å². The topological polar surface area (TPSA) is 55.4 Å². The van der Waals surface area contributed by atoms with Gasteiger partial charge in [0.05, 0.1) is 10.5 Å². The normalized spacial score (nSPS) is 12.8. The molecule has 0 atom stereocenters. The van der Waals surface area contributed by atoms with E-state index >= 15 is 0 Å². The Hall–Kier alpha value is -0.620. The van der Waals surface area contributed by atoms with Gasteiger partial charge in [0.25, 0.3) is 10.0 Å². The third-order valence-corrected chi connectivity index (χ3v) is 3.03. The van der Waals surface area contributed by atoms with E-state index in [1.165, 1.54) is 24.3 Å². The fourth-order valence-electron chi connectivity index (χ4n) is 0.842. The second kappa shape index (κ2) is 4.71. The van der Waals surface area contributed by atoms with Gasteiger partial charge in [-0.15, -0.1) is 0 Å². The number of hydrogen-bond acceptors (Lipinski definition) is 3. The number of sulfonamides is 1. The number of nitrogens with one attached hydrogen (secondary N) is 1. The van der Waals surface area contributed by atoms with Crippen LogP contribution in [0, 0.1) is 0 Å². The van der Waals surface area contributed by atoms with Crippen LogP contribution in [0.25, 0.3) is 0 Å². The molecule has 90 valence electrons.